The van der Waals surface area contributed by atoms with Gasteiger partial charge >= 0.3 is 0 Å². The summed E-state index contributed by atoms with van der Waals surface area (Å²) in [5.41, 5.74) is 5.88. The predicted molar refractivity (Wildman–Crippen MR) is 82.9 cm³/mol. The molecule has 0 aromatic heterocycles. The second kappa shape index (κ2) is 6.23. The number of carbonyl (C=O) groups is 1. The van der Waals surface area contributed by atoms with Crippen LogP contribution in [0, 0.1) is 0 Å². The van der Waals surface area contributed by atoms with Crippen molar-refractivity contribution in [2.45, 2.75) is 48.8 Å². The Labute approximate surface area is 129 Å². The average molecular weight is 331 g/mol. The van der Waals surface area contributed by atoms with Gasteiger partial charge in [0.05, 0.1) is 15.6 Å². The monoisotopic (exact) mass is 330 g/mol. The Balaban J connectivity index is 2.17. The van der Waals surface area contributed by atoms with E-state index in [2.05, 4.69) is 5.32 Å². The zero-order valence-corrected chi connectivity index (χ0v) is 13.4. The molecule has 1 aliphatic rings. The van der Waals surface area contributed by atoms with Gasteiger partial charge in [-0.3, -0.25) is 4.79 Å². The zero-order valence-electron chi connectivity index (χ0n) is 11.8. The number of anilines is 1. The van der Waals surface area contributed by atoms with Crippen molar-refractivity contribution in [1.82, 2.24) is 5.32 Å². The number of nitrogen functional groups attached to an aromatic ring is 1. The van der Waals surface area contributed by atoms with Crippen LogP contribution in [0.1, 0.15) is 32.6 Å². The molecule has 0 heterocycles. The maximum Gasteiger partial charge on any atom is 0.238 e. The van der Waals surface area contributed by atoms with E-state index in [4.69, 9.17) is 17.3 Å². The highest BCUT2D eigenvalue weighted by molar-refractivity contribution is 7.92. The van der Waals surface area contributed by atoms with Crippen molar-refractivity contribution in [3.8, 4) is 0 Å². The number of carbonyl (C=O) groups excluding carboxylic acids is 1. The predicted octanol–water partition coefficient (Wildman–Crippen LogP) is 2.14. The number of benzene rings is 1. The molecule has 2 rings (SSSR count). The topological polar surface area (TPSA) is 89.3 Å². The lowest BCUT2D eigenvalue weighted by Crippen LogP contribution is -2.42. The third kappa shape index (κ3) is 3.49. The van der Waals surface area contributed by atoms with Crippen LogP contribution in [0.25, 0.3) is 0 Å². The number of hydrogen-bond donors (Lipinski definition) is 2. The van der Waals surface area contributed by atoms with Crippen molar-refractivity contribution in [2.24, 2.45) is 0 Å². The van der Waals surface area contributed by atoms with Gasteiger partial charge in [-0.05, 0) is 38.0 Å². The minimum absolute atomic E-state index is 0.00997. The molecule has 5 nitrogen and oxygen atoms in total. The Kier molecular flexibility index (Phi) is 4.78. The summed E-state index contributed by atoms with van der Waals surface area (Å²) < 4.78 is 24.9. The van der Waals surface area contributed by atoms with Crippen LogP contribution in [-0.2, 0) is 14.6 Å². The molecule has 3 N–H and O–H groups in total. The van der Waals surface area contributed by atoms with E-state index < -0.39 is 21.0 Å². The molecule has 0 saturated heterocycles. The largest absolute Gasteiger partial charge is 0.398 e. The van der Waals surface area contributed by atoms with E-state index in [9.17, 15) is 13.2 Å². The van der Waals surface area contributed by atoms with Gasteiger partial charge in [0.25, 0.3) is 0 Å². The van der Waals surface area contributed by atoms with Crippen LogP contribution in [0.4, 0.5) is 5.69 Å². The molecule has 0 bridgehead atoms. The molecule has 1 amide bonds. The molecule has 21 heavy (non-hydrogen) atoms. The summed E-state index contributed by atoms with van der Waals surface area (Å²) in [6.45, 7) is 1.39. The lowest BCUT2D eigenvalue weighted by Gasteiger charge is -2.17. The molecule has 0 aliphatic heterocycles. The summed E-state index contributed by atoms with van der Waals surface area (Å²) in [6.07, 6.45) is 3.96. The number of sulfone groups is 1. The molecule has 1 atom stereocenters. The highest BCUT2D eigenvalue weighted by atomic mass is 35.5. The van der Waals surface area contributed by atoms with Gasteiger partial charge in [0.2, 0.25) is 5.91 Å². The van der Waals surface area contributed by atoms with Crippen LogP contribution in [-0.4, -0.2) is 25.6 Å². The molecule has 0 radical (unpaired) electrons. The molecule has 1 aromatic rings. The number of nitrogens with two attached hydrogens (primary N) is 1. The standard InChI is InChI=1S/C14H19ClN2O3S/c1-9(14(18)17-10-4-2-3-5-10)21(19,20)11-6-7-13(16)12(15)8-11/h6-10H,2-5,16H2,1H3,(H,17,18). The summed E-state index contributed by atoms with van der Waals surface area (Å²) in [5, 5.41) is 1.82. The van der Waals surface area contributed by atoms with Gasteiger partial charge in [-0.1, -0.05) is 24.4 Å². The van der Waals surface area contributed by atoms with Crippen LogP contribution in [0.5, 0.6) is 0 Å². The first-order valence-corrected chi connectivity index (χ1v) is 8.84. The van der Waals surface area contributed by atoms with Crippen LogP contribution < -0.4 is 11.1 Å². The molecule has 1 aliphatic carbocycles. The normalized spacial score (nSPS) is 17.6. The number of nitrogens with one attached hydrogen (secondary N) is 1. The second-order valence-corrected chi connectivity index (χ2v) is 8.04. The summed E-state index contributed by atoms with van der Waals surface area (Å²) in [6, 6.07) is 4.17. The van der Waals surface area contributed by atoms with E-state index in [1.807, 2.05) is 0 Å². The van der Waals surface area contributed by atoms with E-state index in [1.54, 1.807) is 0 Å². The van der Waals surface area contributed by atoms with Gasteiger partial charge in [-0.2, -0.15) is 0 Å². The number of halogens is 1. The average Bonchev–Trinajstić information content (AvgIpc) is 2.93. The smallest absolute Gasteiger partial charge is 0.238 e. The summed E-state index contributed by atoms with van der Waals surface area (Å²) >= 11 is 5.85. The quantitative estimate of drug-likeness (QED) is 0.828. The highest BCUT2D eigenvalue weighted by Gasteiger charge is 2.31. The van der Waals surface area contributed by atoms with Crippen LogP contribution in [0.3, 0.4) is 0 Å². The molecule has 116 valence electrons. The minimum atomic E-state index is -3.77. The molecular formula is C14H19ClN2O3S. The van der Waals surface area contributed by atoms with E-state index in [0.29, 0.717) is 5.69 Å². The van der Waals surface area contributed by atoms with E-state index in [1.165, 1.54) is 25.1 Å². The highest BCUT2D eigenvalue weighted by Crippen LogP contribution is 2.25. The minimum Gasteiger partial charge on any atom is -0.398 e. The lowest BCUT2D eigenvalue weighted by molar-refractivity contribution is -0.121. The third-order valence-electron chi connectivity index (χ3n) is 3.84. The Morgan fingerprint density at radius 3 is 2.57 bits per heavy atom. The van der Waals surface area contributed by atoms with Gasteiger partial charge < -0.3 is 11.1 Å². The molecule has 1 unspecified atom stereocenters. The Morgan fingerprint density at radius 2 is 2.00 bits per heavy atom. The lowest BCUT2D eigenvalue weighted by atomic mass is 10.2. The van der Waals surface area contributed by atoms with E-state index in [-0.39, 0.29) is 16.0 Å². The molecule has 7 heteroatoms. The van der Waals surface area contributed by atoms with Crippen molar-refractivity contribution in [3.05, 3.63) is 23.2 Å². The maximum absolute atomic E-state index is 12.5. The van der Waals surface area contributed by atoms with Crippen LogP contribution >= 0.6 is 11.6 Å². The fourth-order valence-electron chi connectivity index (χ4n) is 2.42. The Bertz CT molecular complexity index is 640. The van der Waals surface area contributed by atoms with Gasteiger partial charge in [-0.25, -0.2) is 8.42 Å². The van der Waals surface area contributed by atoms with Crippen molar-refractivity contribution in [3.63, 3.8) is 0 Å². The molecule has 1 aromatic carbocycles. The molecule has 1 saturated carbocycles. The van der Waals surface area contributed by atoms with Crippen LogP contribution in [0.15, 0.2) is 23.1 Å². The van der Waals surface area contributed by atoms with Gasteiger partial charge in [-0.15, -0.1) is 0 Å². The number of amides is 1. The molecule has 1 fully saturated rings. The number of rotatable bonds is 4. The third-order valence-corrected chi connectivity index (χ3v) is 6.22. The zero-order chi connectivity index (χ0) is 15.6. The van der Waals surface area contributed by atoms with E-state index in [0.717, 1.165) is 25.7 Å². The number of hydrogen-bond acceptors (Lipinski definition) is 4. The first-order chi connectivity index (χ1) is 9.82. The fourth-order valence-corrected chi connectivity index (χ4v) is 3.96. The van der Waals surface area contributed by atoms with E-state index >= 15 is 0 Å². The second-order valence-electron chi connectivity index (χ2n) is 5.36. The van der Waals surface area contributed by atoms with Gasteiger partial charge in [0.1, 0.15) is 5.25 Å². The molecule has 0 spiro atoms. The van der Waals surface area contributed by atoms with Crippen LogP contribution in [0.2, 0.25) is 5.02 Å². The molecular weight excluding hydrogens is 312 g/mol. The van der Waals surface area contributed by atoms with Crippen molar-refractivity contribution < 1.29 is 13.2 Å². The SMILES string of the molecule is CC(C(=O)NC1CCCC1)S(=O)(=O)c1ccc(N)c(Cl)c1. The first kappa shape index (κ1) is 16.1. The first-order valence-electron chi connectivity index (χ1n) is 6.91. The van der Waals surface area contributed by atoms with Crippen molar-refractivity contribution in [1.29, 1.82) is 0 Å². The van der Waals surface area contributed by atoms with Crippen molar-refractivity contribution in [2.75, 3.05) is 5.73 Å². The summed E-state index contributed by atoms with van der Waals surface area (Å²) in [4.78, 5) is 12.1. The van der Waals surface area contributed by atoms with Crippen molar-refractivity contribution >= 4 is 33.0 Å². The van der Waals surface area contributed by atoms with Gasteiger partial charge in [0, 0.05) is 6.04 Å². The maximum atomic E-state index is 12.5. The Hall–Kier alpha value is -1.27. The summed E-state index contributed by atoms with van der Waals surface area (Å²) in [5.74, 6) is -0.463. The van der Waals surface area contributed by atoms with Gasteiger partial charge in [0.15, 0.2) is 9.84 Å². The summed E-state index contributed by atoms with van der Waals surface area (Å²) in [7, 11) is -3.77. The Morgan fingerprint density at radius 1 is 1.38 bits per heavy atom. The fraction of sp³-hybridized carbons (Fsp3) is 0.500.